The third-order valence-corrected chi connectivity index (χ3v) is 22.5. The summed E-state index contributed by atoms with van der Waals surface area (Å²) in [6.07, 6.45) is 16.5. The average molecular weight is 1830 g/mol. The third-order valence-electron chi connectivity index (χ3n) is 22.2. The minimum atomic E-state index is -1.25. The summed E-state index contributed by atoms with van der Waals surface area (Å²) < 4.78 is 18.4. The molecule has 1 aliphatic carbocycles. The highest BCUT2D eigenvalue weighted by molar-refractivity contribution is 7.80. The van der Waals surface area contributed by atoms with Crippen LogP contribution in [0.15, 0.2) is 150 Å². The molecule has 0 bridgehead atoms. The zero-order chi connectivity index (χ0) is 95.8. The van der Waals surface area contributed by atoms with Crippen LogP contribution in [0.4, 0.5) is 28.4 Å². The molecule has 10 N–H and O–H groups in total. The van der Waals surface area contributed by atoms with E-state index >= 15 is 0 Å². The maximum Gasteiger partial charge on any atom is 0.336 e. The molecule has 0 fully saturated rings. The fourth-order valence-electron chi connectivity index (χ4n) is 15.8. The van der Waals surface area contributed by atoms with Gasteiger partial charge in [-0.2, -0.15) is 0 Å². The number of rotatable bonds is 46. The van der Waals surface area contributed by atoms with Crippen LogP contribution < -0.4 is 48.0 Å². The second kappa shape index (κ2) is 43.4. The van der Waals surface area contributed by atoms with Gasteiger partial charge in [0.25, 0.3) is 23.6 Å². The Morgan fingerprint density at radius 3 is 1.46 bits per heavy atom. The van der Waals surface area contributed by atoms with Crippen molar-refractivity contribution < 1.29 is 81.8 Å². The molecule has 12 rings (SSSR count). The summed E-state index contributed by atoms with van der Waals surface area (Å²) >= 11 is 5.47. The molecule has 0 saturated heterocycles. The number of phenolic OH excluding ortho intramolecular Hbond substituents is 1. The number of fused-ring (bicyclic) bond motifs is 2. The van der Waals surface area contributed by atoms with E-state index in [0.717, 1.165) is 19.4 Å². The molecule has 0 spiro atoms. The number of phenols is 1. The van der Waals surface area contributed by atoms with Crippen molar-refractivity contribution in [2.24, 2.45) is 56.4 Å². The van der Waals surface area contributed by atoms with Gasteiger partial charge in [0.2, 0.25) is 17.6 Å². The summed E-state index contributed by atoms with van der Waals surface area (Å²) in [6.45, 7) is 1.04. The molecule has 2 aliphatic rings. The van der Waals surface area contributed by atoms with Crippen LogP contribution in [0.25, 0.3) is 33.4 Å². The van der Waals surface area contributed by atoms with Crippen molar-refractivity contribution in [1.82, 2.24) is 67.4 Å². The van der Waals surface area contributed by atoms with Crippen molar-refractivity contribution in [2.75, 3.05) is 66.9 Å². The Labute approximate surface area is 769 Å². The van der Waals surface area contributed by atoms with Gasteiger partial charge in [0, 0.05) is 224 Å². The molecular formula is C95H105N19O18S. The molecule has 8 aromatic heterocycles. The van der Waals surface area contributed by atoms with E-state index in [0.29, 0.717) is 98.0 Å². The summed E-state index contributed by atoms with van der Waals surface area (Å²) in [5.74, 6) is -5.07. The van der Waals surface area contributed by atoms with Crippen molar-refractivity contribution in [3.05, 3.63) is 225 Å². The van der Waals surface area contributed by atoms with Crippen LogP contribution in [-0.2, 0) is 106 Å². The molecule has 9 heterocycles. The highest BCUT2D eigenvalue weighted by atomic mass is 32.1. The normalized spacial score (nSPS) is 11.3. The van der Waals surface area contributed by atoms with Gasteiger partial charge in [0.15, 0.2) is 39.5 Å². The number of aryl methyl sites for hydroxylation is 8. The molecule has 10 aromatic rings. The summed E-state index contributed by atoms with van der Waals surface area (Å²) in [6, 6.07) is 22.5. The number of amides is 6. The molecule has 6 amide bonds. The molecule has 37 nitrogen and oxygen atoms in total. The summed E-state index contributed by atoms with van der Waals surface area (Å²) in [7, 11) is 17.2. The highest BCUT2D eigenvalue weighted by Gasteiger charge is 2.28. The minimum absolute atomic E-state index is 0.0228. The minimum Gasteiger partial charge on any atom is -0.508 e. The lowest BCUT2D eigenvalue weighted by molar-refractivity contribution is -0.119. The van der Waals surface area contributed by atoms with Crippen molar-refractivity contribution in [3.63, 3.8) is 0 Å². The van der Waals surface area contributed by atoms with Crippen LogP contribution in [0.3, 0.4) is 0 Å². The predicted octanol–water partition coefficient (Wildman–Crippen LogP) is 10.0. The molecule has 0 atom stereocenters. The van der Waals surface area contributed by atoms with E-state index in [2.05, 4.69) is 57.4 Å². The van der Waals surface area contributed by atoms with Crippen molar-refractivity contribution in [3.8, 4) is 28.2 Å². The number of thiocarbonyl (C=S) groups is 1. The van der Waals surface area contributed by atoms with E-state index in [-0.39, 0.29) is 205 Å². The number of hydrogen-bond acceptors (Lipinski definition) is 21. The van der Waals surface area contributed by atoms with Gasteiger partial charge in [-0.05, 0) is 154 Å². The van der Waals surface area contributed by atoms with E-state index < -0.39 is 47.2 Å². The third kappa shape index (κ3) is 25.4. The molecule has 694 valence electrons. The van der Waals surface area contributed by atoms with Crippen LogP contribution in [-0.4, -0.2) is 189 Å². The van der Waals surface area contributed by atoms with Crippen LogP contribution in [0.5, 0.6) is 5.75 Å². The highest BCUT2D eigenvalue weighted by Crippen LogP contribution is 2.43. The number of nitrogens with zero attached hydrogens (tertiary/aromatic N) is 11. The Balaban J connectivity index is 0.510. The number of ketones is 7. The average Bonchev–Trinajstić information content (AvgIpc) is 1.67. The molecule has 133 heavy (non-hydrogen) atoms. The second-order valence-corrected chi connectivity index (χ2v) is 33.7. The van der Waals surface area contributed by atoms with Gasteiger partial charge in [-0.3, -0.25) is 67.1 Å². The molecule has 2 aromatic carbocycles. The maximum atomic E-state index is 13.6. The Hall–Kier alpha value is -15.3. The Bertz CT molecular complexity index is 6590. The van der Waals surface area contributed by atoms with Gasteiger partial charge in [-0.1, -0.05) is 6.07 Å². The first-order valence-corrected chi connectivity index (χ1v) is 43.5. The number of nitrogens with one attached hydrogen (secondary N) is 8. The zero-order valence-electron chi connectivity index (χ0n) is 75.4. The SMILES string of the molecule is CN(C)CCCCC(=O)CCCC(=O)c1cc(CC(=O)c2cc(CC(=O)CCCC(=O)c3nc(CC(=O)c4nc(CC(=O)CCCNC(=O)c5cc(NC(=O)c6cc(NC(=O)CCNC(=O)c7cc(NC(=O)c8cc(NC(=O)CCNC(=S)Nc9ccc(-c%10c%11ccc(=O)cc-%11oc%11cc(O)ccc%10%11)c(C(=O)O)c9)cn8C)cn7C)cn6C)cn5C)cn4C)cn3C)cn2C)cn1C. The molecule has 38 heteroatoms. The van der Waals surface area contributed by atoms with Crippen LogP contribution in [0, 0.1) is 0 Å². The number of hydrogen-bond donors (Lipinski definition) is 10. The number of aromatic hydroxyl groups is 1. The lowest BCUT2D eigenvalue weighted by Crippen LogP contribution is -2.31. The van der Waals surface area contributed by atoms with Crippen molar-refractivity contribution >= 4 is 139 Å². The van der Waals surface area contributed by atoms with Gasteiger partial charge in [-0.15, -0.1) is 0 Å². The topological polar surface area (TPSA) is 474 Å². The maximum absolute atomic E-state index is 13.6. The quantitative estimate of drug-likeness (QED) is 0.00733. The lowest BCUT2D eigenvalue weighted by Gasteiger charge is -2.18. The fourth-order valence-corrected chi connectivity index (χ4v) is 16.0. The van der Waals surface area contributed by atoms with Gasteiger partial charge in [-0.25, -0.2) is 14.8 Å². The van der Waals surface area contributed by atoms with E-state index in [9.17, 15) is 82.1 Å². The number of carboxylic acids is 1. The molecule has 1 aliphatic heterocycles. The number of carbonyl (C=O) groups is 14. The zero-order valence-corrected chi connectivity index (χ0v) is 76.2. The number of Topliss-reactive ketones (excluding diaryl/α,β-unsaturated/α-hetero) is 7. The van der Waals surface area contributed by atoms with Crippen molar-refractivity contribution in [2.45, 2.75) is 109 Å². The van der Waals surface area contributed by atoms with Crippen LogP contribution in [0.2, 0.25) is 0 Å². The fraction of sp³-hybridized carbons (Fsp3) is 0.326. The van der Waals surface area contributed by atoms with E-state index in [1.54, 1.807) is 139 Å². The first kappa shape index (κ1) is 96.7. The Kier molecular flexibility index (Phi) is 31.6. The summed E-state index contributed by atoms with van der Waals surface area (Å²) in [5.41, 5.74) is 6.20. The van der Waals surface area contributed by atoms with E-state index in [1.807, 2.05) is 14.1 Å². The van der Waals surface area contributed by atoms with Gasteiger partial charge in [0.1, 0.15) is 57.2 Å². The molecular weight excluding hydrogens is 1730 g/mol. The molecule has 0 saturated carbocycles. The van der Waals surface area contributed by atoms with Gasteiger partial charge >= 0.3 is 5.97 Å². The smallest absolute Gasteiger partial charge is 0.336 e. The molecule has 0 radical (unpaired) electrons. The lowest BCUT2D eigenvalue weighted by atomic mass is 9.90. The van der Waals surface area contributed by atoms with Gasteiger partial charge < -0.3 is 98.6 Å². The number of benzene rings is 3. The summed E-state index contributed by atoms with van der Waals surface area (Å²) in [4.78, 5) is 208. The van der Waals surface area contributed by atoms with E-state index in [4.69, 9.17) is 16.6 Å². The first-order chi connectivity index (χ1) is 63.4. The molecule has 0 unspecified atom stereocenters. The van der Waals surface area contributed by atoms with E-state index in [1.165, 1.54) is 94.4 Å². The number of imidazole rings is 2. The van der Waals surface area contributed by atoms with Gasteiger partial charge in [0.05, 0.1) is 63.9 Å². The summed E-state index contributed by atoms with van der Waals surface area (Å²) in [5, 5.41) is 43.5. The number of aromatic carboxylic acids is 1. The van der Waals surface area contributed by atoms with Crippen LogP contribution in [0.1, 0.15) is 201 Å². The number of unbranched alkanes of at least 4 members (excludes halogenated alkanes) is 1. The Morgan fingerprint density at radius 1 is 0.398 bits per heavy atom. The van der Waals surface area contributed by atoms with Crippen LogP contribution >= 0.6 is 12.2 Å². The van der Waals surface area contributed by atoms with Crippen molar-refractivity contribution in [1.29, 1.82) is 0 Å². The number of carbonyl (C=O) groups excluding carboxylic acids is 13. The standard InChI is InChI=1S/C95H105N19O18S/c1-106(2)33-12-11-16-64(115)17-13-20-79(120)73-36-56(48-107(73)3)37-81(122)74-35-55(47-108(74)4)34-65(116)18-14-21-80(121)88-102-63(54-113(88)9)44-82(123)89-101-58(53-114(89)10)38-66(117)19-15-30-96-90(126)75-42-61(51-109(75)5)103-92(128)77-40-59(49-111(77)7)99-85(124)28-31-97-91(127)76-43-62(52-110(76)6)104-93(129)78-41-60(50-112(78)8)100-86(125)29-32-98-95(133)105-57-22-25-69(72(39-57)94(130)131)87-70-26-23-67(118)45-83(70)132-84-46-68(119)24-27-71(84)87/h22-27,35-36,39-43,45-54,118H,11-21,28-34,37-38,44H2,1-10H3,(H,96,126)(H,97,127)(H,99,124)(H,100,125)(H,103,128)(H,104,129)(H,130,131)(H2,98,105,133). The first-order valence-electron chi connectivity index (χ1n) is 43.1. The predicted molar refractivity (Wildman–Crippen MR) is 500 cm³/mol. The number of anilines is 5. The second-order valence-electron chi connectivity index (χ2n) is 33.3. The Morgan fingerprint density at radius 2 is 0.880 bits per heavy atom. The number of carboxylic acid groups (broad SMARTS) is 1. The number of aromatic nitrogens is 10. The monoisotopic (exact) mass is 1830 g/mol. The largest absolute Gasteiger partial charge is 0.508 e.